The molecule has 2 aromatic heterocycles. The molecule has 0 amide bonds. The maximum atomic E-state index is 6.18. The summed E-state index contributed by atoms with van der Waals surface area (Å²) < 4.78 is 7.52. The van der Waals surface area contributed by atoms with Crippen molar-refractivity contribution in [1.82, 2.24) is 19.5 Å². The molecule has 3 rings (SSSR count). The Bertz CT molecular complexity index is 855. The number of imidazole rings is 1. The fraction of sp³-hybridized carbons (Fsp3) is 0.154. The van der Waals surface area contributed by atoms with Crippen LogP contribution < -0.4 is 4.74 Å². The Morgan fingerprint density at radius 2 is 2.15 bits per heavy atom. The highest BCUT2D eigenvalue weighted by atomic mass is 35.5. The van der Waals surface area contributed by atoms with Crippen LogP contribution in [0.2, 0.25) is 5.02 Å². The van der Waals surface area contributed by atoms with E-state index in [-0.39, 0.29) is 0 Å². The summed E-state index contributed by atoms with van der Waals surface area (Å²) in [5.41, 5.74) is 3.17. The van der Waals surface area contributed by atoms with Crippen molar-refractivity contribution < 1.29 is 4.74 Å². The van der Waals surface area contributed by atoms with Crippen molar-refractivity contribution in [1.29, 1.82) is 0 Å². The molecule has 2 heterocycles. The van der Waals surface area contributed by atoms with Crippen molar-refractivity contribution >= 4 is 35.0 Å². The molecule has 1 aromatic carbocycles. The summed E-state index contributed by atoms with van der Waals surface area (Å²) >= 11 is 11.5. The van der Waals surface area contributed by atoms with Gasteiger partial charge in [0, 0.05) is 5.02 Å². The maximum Gasteiger partial charge on any atom is 0.242 e. The van der Waals surface area contributed by atoms with Gasteiger partial charge in [0.1, 0.15) is 11.8 Å². The van der Waals surface area contributed by atoms with E-state index in [4.69, 9.17) is 28.6 Å². The Morgan fingerprint density at radius 1 is 1.35 bits per heavy atom. The van der Waals surface area contributed by atoms with E-state index in [1.807, 2.05) is 25.1 Å². The first-order chi connectivity index (χ1) is 9.61. The number of aromatic amines is 1. The summed E-state index contributed by atoms with van der Waals surface area (Å²) in [4.78, 5) is 11.4. The summed E-state index contributed by atoms with van der Waals surface area (Å²) in [7, 11) is 1.55. The highest BCUT2D eigenvalue weighted by Crippen LogP contribution is 2.25. The van der Waals surface area contributed by atoms with Gasteiger partial charge in [-0.25, -0.2) is 4.98 Å². The molecular weight excluding hydrogens is 296 g/mol. The minimum atomic E-state index is 0.457. The lowest BCUT2D eigenvalue weighted by molar-refractivity contribution is 0.401. The van der Waals surface area contributed by atoms with E-state index < -0.39 is 0 Å². The molecular formula is C13H11ClN4OS. The fourth-order valence-corrected chi connectivity index (χ4v) is 2.48. The van der Waals surface area contributed by atoms with E-state index >= 15 is 0 Å². The van der Waals surface area contributed by atoms with Gasteiger partial charge in [0.05, 0.1) is 12.8 Å². The molecule has 0 fully saturated rings. The molecule has 0 aliphatic carbocycles. The molecule has 20 heavy (non-hydrogen) atoms. The van der Waals surface area contributed by atoms with Crippen LogP contribution >= 0.6 is 23.8 Å². The summed E-state index contributed by atoms with van der Waals surface area (Å²) in [5.74, 6) is 0.457. The second-order valence-corrected chi connectivity index (χ2v) is 5.07. The van der Waals surface area contributed by atoms with Crippen LogP contribution in [0.3, 0.4) is 0 Å². The Balaban J connectivity index is 2.33. The molecule has 0 spiro atoms. The second-order valence-electron chi connectivity index (χ2n) is 4.28. The van der Waals surface area contributed by atoms with Crippen molar-refractivity contribution in [2.45, 2.75) is 6.92 Å². The molecule has 0 aliphatic rings. The number of H-pyrrole nitrogens is 1. The standard InChI is InChI=1S/C13H11ClN4OS/c1-7-3-4-8(5-9(7)14)18-11-10(17-13(18)20)12(19-2)16-6-15-11/h3-6H,1-2H3,(H,17,20). The number of ether oxygens (including phenoxy) is 1. The molecule has 102 valence electrons. The van der Waals surface area contributed by atoms with Crippen LogP contribution in [0.5, 0.6) is 5.88 Å². The molecule has 1 N–H and O–H groups in total. The highest BCUT2D eigenvalue weighted by molar-refractivity contribution is 7.71. The molecule has 0 unspecified atom stereocenters. The summed E-state index contributed by atoms with van der Waals surface area (Å²) in [6, 6.07) is 5.74. The van der Waals surface area contributed by atoms with E-state index in [9.17, 15) is 0 Å². The zero-order chi connectivity index (χ0) is 14.3. The number of halogens is 1. The Labute approximate surface area is 125 Å². The maximum absolute atomic E-state index is 6.18. The molecule has 0 saturated carbocycles. The van der Waals surface area contributed by atoms with Gasteiger partial charge < -0.3 is 9.72 Å². The number of methoxy groups -OCH3 is 1. The number of aryl methyl sites for hydroxylation is 1. The number of nitrogens with zero attached hydrogens (tertiary/aromatic N) is 3. The van der Waals surface area contributed by atoms with E-state index in [1.54, 1.807) is 11.7 Å². The largest absolute Gasteiger partial charge is 0.479 e. The zero-order valence-corrected chi connectivity index (χ0v) is 12.4. The molecule has 7 heteroatoms. The molecule has 5 nitrogen and oxygen atoms in total. The number of rotatable bonds is 2. The van der Waals surface area contributed by atoms with Crippen LogP contribution in [0.4, 0.5) is 0 Å². The van der Waals surface area contributed by atoms with Crippen LogP contribution in [-0.4, -0.2) is 26.6 Å². The van der Waals surface area contributed by atoms with Gasteiger partial charge in [-0.1, -0.05) is 17.7 Å². The zero-order valence-electron chi connectivity index (χ0n) is 10.8. The molecule has 0 saturated heterocycles. The first-order valence-corrected chi connectivity index (χ1v) is 6.66. The number of aromatic nitrogens is 4. The van der Waals surface area contributed by atoms with Crippen LogP contribution in [0, 0.1) is 11.7 Å². The number of hydrogen-bond acceptors (Lipinski definition) is 4. The summed E-state index contributed by atoms with van der Waals surface area (Å²) in [6.45, 7) is 1.95. The lowest BCUT2D eigenvalue weighted by Gasteiger charge is -2.06. The lowest BCUT2D eigenvalue weighted by atomic mass is 10.2. The minimum Gasteiger partial charge on any atom is -0.479 e. The van der Waals surface area contributed by atoms with Crippen LogP contribution in [-0.2, 0) is 0 Å². The summed E-state index contributed by atoms with van der Waals surface area (Å²) in [5, 5.41) is 0.680. The van der Waals surface area contributed by atoms with Crippen LogP contribution in [0.25, 0.3) is 16.9 Å². The quantitative estimate of drug-likeness (QED) is 0.737. The van der Waals surface area contributed by atoms with Gasteiger partial charge >= 0.3 is 0 Å². The van der Waals surface area contributed by atoms with Gasteiger partial charge in [0.2, 0.25) is 5.88 Å². The van der Waals surface area contributed by atoms with Crippen molar-refractivity contribution in [2.24, 2.45) is 0 Å². The third-order valence-electron chi connectivity index (χ3n) is 3.05. The number of fused-ring (bicyclic) bond motifs is 1. The first kappa shape index (κ1) is 13.1. The van der Waals surface area contributed by atoms with Gasteiger partial charge in [-0.15, -0.1) is 0 Å². The molecule has 0 bridgehead atoms. The number of nitrogens with one attached hydrogen (secondary N) is 1. The normalized spacial score (nSPS) is 10.9. The lowest BCUT2D eigenvalue weighted by Crippen LogP contribution is -1.97. The number of benzene rings is 1. The van der Waals surface area contributed by atoms with Crippen LogP contribution in [0.15, 0.2) is 24.5 Å². The predicted molar refractivity (Wildman–Crippen MR) is 80.3 cm³/mol. The van der Waals surface area contributed by atoms with E-state index in [0.29, 0.717) is 26.8 Å². The second kappa shape index (κ2) is 4.88. The number of hydrogen-bond donors (Lipinski definition) is 1. The summed E-state index contributed by atoms with van der Waals surface area (Å²) in [6.07, 6.45) is 1.44. The molecule has 3 aromatic rings. The van der Waals surface area contributed by atoms with Crippen LogP contribution in [0.1, 0.15) is 5.56 Å². The van der Waals surface area contributed by atoms with Gasteiger partial charge in [0.25, 0.3) is 0 Å². The Morgan fingerprint density at radius 3 is 2.85 bits per heavy atom. The molecule has 0 atom stereocenters. The smallest absolute Gasteiger partial charge is 0.242 e. The topological polar surface area (TPSA) is 55.7 Å². The Hall–Kier alpha value is -1.92. The minimum absolute atomic E-state index is 0.457. The predicted octanol–water partition coefficient (Wildman–Crippen LogP) is 3.45. The van der Waals surface area contributed by atoms with Crippen molar-refractivity contribution in [3.05, 3.63) is 39.9 Å². The molecule has 0 radical (unpaired) electrons. The first-order valence-electron chi connectivity index (χ1n) is 5.88. The van der Waals surface area contributed by atoms with Crippen molar-refractivity contribution in [3.63, 3.8) is 0 Å². The highest BCUT2D eigenvalue weighted by Gasteiger charge is 2.13. The SMILES string of the molecule is COc1ncnc2c1[nH]c(=S)n2-c1ccc(C)c(Cl)c1. The van der Waals surface area contributed by atoms with Crippen molar-refractivity contribution in [2.75, 3.05) is 7.11 Å². The average molecular weight is 307 g/mol. The Kier molecular flexibility index (Phi) is 3.19. The van der Waals surface area contributed by atoms with E-state index in [2.05, 4.69) is 15.0 Å². The fourth-order valence-electron chi connectivity index (χ4n) is 2.01. The third kappa shape index (κ3) is 1.97. The van der Waals surface area contributed by atoms with Gasteiger partial charge in [-0.3, -0.25) is 4.57 Å². The van der Waals surface area contributed by atoms with E-state index in [0.717, 1.165) is 11.3 Å². The van der Waals surface area contributed by atoms with Crippen molar-refractivity contribution in [3.8, 4) is 11.6 Å². The monoisotopic (exact) mass is 306 g/mol. The molecule has 0 aliphatic heterocycles. The van der Waals surface area contributed by atoms with Gasteiger partial charge in [-0.05, 0) is 36.8 Å². The average Bonchev–Trinajstić information content (AvgIpc) is 2.78. The van der Waals surface area contributed by atoms with Gasteiger partial charge in [0.15, 0.2) is 10.4 Å². The third-order valence-corrected chi connectivity index (χ3v) is 3.74. The van der Waals surface area contributed by atoms with E-state index in [1.165, 1.54) is 6.33 Å². The van der Waals surface area contributed by atoms with Gasteiger partial charge in [-0.2, -0.15) is 4.98 Å².